The van der Waals surface area contributed by atoms with Crippen molar-refractivity contribution in [2.24, 2.45) is 0 Å². The van der Waals surface area contributed by atoms with Gasteiger partial charge < -0.3 is 5.32 Å². The number of nitrogens with zero attached hydrogens (tertiary/aromatic N) is 1. The first kappa shape index (κ1) is 18.9. The van der Waals surface area contributed by atoms with E-state index in [2.05, 4.69) is 26.1 Å². The van der Waals surface area contributed by atoms with Crippen LogP contribution in [0.3, 0.4) is 0 Å². The second-order valence-corrected chi connectivity index (χ2v) is 7.58. The molecule has 0 aliphatic rings. The van der Waals surface area contributed by atoms with Crippen molar-refractivity contribution in [1.82, 2.24) is 0 Å². The average Bonchev–Trinajstić information content (AvgIpc) is 2.54. The molecule has 1 N–H and O–H groups in total. The molecule has 2 rings (SSSR count). The zero-order chi connectivity index (χ0) is 18.6. The van der Waals surface area contributed by atoms with Crippen molar-refractivity contribution in [3.8, 4) is 0 Å². The third-order valence-electron chi connectivity index (χ3n) is 3.53. The first-order valence-corrected chi connectivity index (χ1v) is 8.62. The number of nitro benzene ring substituents is 1. The maximum absolute atomic E-state index is 13.7. The third kappa shape index (κ3) is 5.29. The minimum Gasteiger partial charge on any atom is -0.323 e. The molecule has 0 heterocycles. The van der Waals surface area contributed by atoms with Crippen LogP contribution in [0.4, 0.5) is 15.8 Å². The maximum atomic E-state index is 13.7. The lowest BCUT2D eigenvalue weighted by molar-refractivity contribution is -0.384. The number of rotatable bonds is 5. The van der Waals surface area contributed by atoms with Crippen molar-refractivity contribution in [3.63, 3.8) is 0 Å². The molecular formula is C18H19FN2O3S. The molecule has 0 radical (unpaired) electrons. The molecule has 0 bridgehead atoms. The van der Waals surface area contributed by atoms with Crippen molar-refractivity contribution in [2.75, 3.05) is 11.1 Å². The van der Waals surface area contributed by atoms with Gasteiger partial charge in [0.1, 0.15) is 5.82 Å². The van der Waals surface area contributed by atoms with Crippen LogP contribution in [0.2, 0.25) is 0 Å². The van der Waals surface area contributed by atoms with Crippen LogP contribution in [-0.4, -0.2) is 16.6 Å². The zero-order valence-corrected chi connectivity index (χ0v) is 15.0. The normalized spacial score (nSPS) is 11.2. The molecular weight excluding hydrogens is 343 g/mol. The summed E-state index contributed by atoms with van der Waals surface area (Å²) in [6, 6.07) is 10.9. The van der Waals surface area contributed by atoms with Gasteiger partial charge >= 0.3 is 0 Å². The molecule has 7 heteroatoms. The highest BCUT2D eigenvalue weighted by Crippen LogP contribution is 2.26. The Labute approximate surface area is 149 Å². The monoisotopic (exact) mass is 362 g/mol. The van der Waals surface area contributed by atoms with Gasteiger partial charge in [-0.1, -0.05) is 32.9 Å². The van der Waals surface area contributed by atoms with Gasteiger partial charge in [-0.25, -0.2) is 4.39 Å². The van der Waals surface area contributed by atoms with E-state index in [1.54, 1.807) is 0 Å². The van der Waals surface area contributed by atoms with E-state index in [0.717, 1.165) is 23.1 Å². The highest BCUT2D eigenvalue weighted by Gasteiger charge is 2.15. The molecule has 0 atom stereocenters. The molecule has 0 aliphatic carbocycles. The predicted octanol–water partition coefficient (Wildman–Crippen LogP) is 4.76. The standard InChI is InChI=1S/C18H19FN2O3S/c1-18(2,3)12-4-7-14(8-5-12)25-11-17(22)20-16-10-13(21(23)24)6-9-15(16)19/h4-10H,11H2,1-3H3,(H,20,22). The second-order valence-electron chi connectivity index (χ2n) is 6.53. The lowest BCUT2D eigenvalue weighted by atomic mass is 9.87. The molecule has 0 fully saturated rings. The van der Waals surface area contributed by atoms with Gasteiger partial charge in [0.25, 0.3) is 5.69 Å². The Kier molecular flexibility index (Phi) is 5.79. The van der Waals surface area contributed by atoms with E-state index in [9.17, 15) is 19.3 Å². The van der Waals surface area contributed by atoms with Gasteiger partial charge in [-0.05, 0) is 29.2 Å². The Morgan fingerprint density at radius 3 is 2.40 bits per heavy atom. The van der Waals surface area contributed by atoms with Crippen LogP contribution < -0.4 is 5.32 Å². The zero-order valence-electron chi connectivity index (χ0n) is 14.2. The average molecular weight is 362 g/mol. The van der Waals surface area contributed by atoms with Crippen molar-refractivity contribution < 1.29 is 14.1 Å². The molecule has 25 heavy (non-hydrogen) atoms. The van der Waals surface area contributed by atoms with E-state index in [0.29, 0.717) is 0 Å². The van der Waals surface area contributed by atoms with Crippen molar-refractivity contribution >= 4 is 29.0 Å². The Balaban J connectivity index is 1.97. The van der Waals surface area contributed by atoms with Gasteiger partial charge in [0, 0.05) is 17.0 Å². The summed E-state index contributed by atoms with van der Waals surface area (Å²) in [7, 11) is 0. The first-order chi connectivity index (χ1) is 11.7. The largest absolute Gasteiger partial charge is 0.323 e. The molecule has 0 aliphatic heterocycles. The van der Waals surface area contributed by atoms with Gasteiger partial charge in [-0.15, -0.1) is 11.8 Å². The van der Waals surface area contributed by atoms with Crippen LogP contribution in [0.25, 0.3) is 0 Å². The van der Waals surface area contributed by atoms with Crippen LogP contribution >= 0.6 is 11.8 Å². The predicted molar refractivity (Wildman–Crippen MR) is 97.6 cm³/mol. The molecule has 5 nitrogen and oxygen atoms in total. The SMILES string of the molecule is CC(C)(C)c1ccc(SCC(=O)Nc2cc([N+](=O)[O-])ccc2F)cc1. The second kappa shape index (κ2) is 7.65. The number of benzene rings is 2. The fourth-order valence-corrected chi connectivity index (χ4v) is 2.81. The Bertz CT molecular complexity index is 786. The van der Waals surface area contributed by atoms with Crippen molar-refractivity contribution in [2.45, 2.75) is 31.1 Å². The van der Waals surface area contributed by atoms with Crippen LogP contribution in [0.15, 0.2) is 47.4 Å². The topological polar surface area (TPSA) is 72.2 Å². The van der Waals surface area contributed by atoms with Crippen LogP contribution in [0, 0.1) is 15.9 Å². The third-order valence-corrected chi connectivity index (χ3v) is 4.54. The molecule has 0 aromatic heterocycles. The quantitative estimate of drug-likeness (QED) is 0.473. The minimum atomic E-state index is -0.710. The number of nitro groups is 1. The van der Waals surface area contributed by atoms with Gasteiger partial charge in [-0.3, -0.25) is 14.9 Å². The molecule has 2 aromatic rings. The summed E-state index contributed by atoms with van der Waals surface area (Å²) in [6.45, 7) is 6.36. The lowest BCUT2D eigenvalue weighted by Gasteiger charge is -2.19. The number of halogens is 1. The number of carbonyl (C=O) groups is 1. The summed E-state index contributed by atoms with van der Waals surface area (Å²) in [5.74, 6) is -1.06. The fraction of sp³-hybridized carbons (Fsp3) is 0.278. The smallest absolute Gasteiger partial charge is 0.271 e. The molecule has 2 aromatic carbocycles. The highest BCUT2D eigenvalue weighted by atomic mass is 32.2. The Hall–Kier alpha value is -2.41. The summed E-state index contributed by atoms with van der Waals surface area (Å²) in [5.41, 5.74) is 0.783. The Morgan fingerprint density at radius 2 is 1.84 bits per heavy atom. The van der Waals surface area contributed by atoms with Gasteiger partial charge in [0.15, 0.2) is 0 Å². The lowest BCUT2D eigenvalue weighted by Crippen LogP contribution is -2.15. The number of anilines is 1. The van der Waals surface area contributed by atoms with Gasteiger partial charge in [0.2, 0.25) is 5.91 Å². The van der Waals surface area contributed by atoms with Crippen LogP contribution in [0.1, 0.15) is 26.3 Å². The summed E-state index contributed by atoms with van der Waals surface area (Å²) in [5, 5.41) is 13.1. The van der Waals surface area contributed by atoms with Crippen molar-refractivity contribution in [1.29, 1.82) is 0 Å². The Morgan fingerprint density at radius 1 is 1.20 bits per heavy atom. The number of hydrogen-bond donors (Lipinski definition) is 1. The van der Waals surface area contributed by atoms with Gasteiger partial charge in [0.05, 0.1) is 16.4 Å². The van der Waals surface area contributed by atoms with Crippen LogP contribution in [-0.2, 0) is 10.2 Å². The number of thioether (sulfide) groups is 1. The molecule has 0 saturated carbocycles. The summed E-state index contributed by atoms with van der Waals surface area (Å²) in [6.07, 6.45) is 0. The first-order valence-electron chi connectivity index (χ1n) is 7.64. The number of hydrogen-bond acceptors (Lipinski definition) is 4. The van der Waals surface area contributed by atoms with Gasteiger partial charge in [-0.2, -0.15) is 0 Å². The highest BCUT2D eigenvalue weighted by molar-refractivity contribution is 8.00. The minimum absolute atomic E-state index is 0.0557. The van der Waals surface area contributed by atoms with E-state index < -0.39 is 16.6 Å². The molecule has 1 amide bonds. The van der Waals surface area contributed by atoms with E-state index in [1.807, 2.05) is 24.3 Å². The molecule has 0 saturated heterocycles. The fourth-order valence-electron chi connectivity index (χ4n) is 2.11. The summed E-state index contributed by atoms with van der Waals surface area (Å²) in [4.78, 5) is 23.0. The van der Waals surface area contributed by atoms with E-state index in [1.165, 1.54) is 17.3 Å². The molecule has 132 valence electrons. The summed E-state index contributed by atoms with van der Waals surface area (Å²) >= 11 is 1.32. The van der Waals surface area contributed by atoms with Crippen LogP contribution in [0.5, 0.6) is 0 Å². The van der Waals surface area contributed by atoms with E-state index in [4.69, 9.17) is 0 Å². The molecule has 0 spiro atoms. The number of amides is 1. The number of nitrogens with one attached hydrogen (secondary N) is 1. The van der Waals surface area contributed by atoms with E-state index >= 15 is 0 Å². The van der Waals surface area contributed by atoms with E-state index in [-0.39, 0.29) is 22.5 Å². The summed E-state index contributed by atoms with van der Waals surface area (Å²) < 4.78 is 13.7. The number of carbonyl (C=O) groups excluding carboxylic acids is 1. The molecule has 0 unspecified atom stereocenters. The number of non-ortho nitro benzene ring substituents is 1. The maximum Gasteiger partial charge on any atom is 0.271 e. The van der Waals surface area contributed by atoms with Crippen molar-refractivity contribution in [3.05, 3.63) is 64.0 Å².